The van der Waals surface area contributed by atoms with Gasteiger partial charge in [-0.3, -0.25) is 0 Å². The largest absolute Gasteiger partial charge is 0.460 e. The van der Waals surface area contributed by atoms with Crippen molar-refractivity contribution in [1.82, 2.24) is 14.8 Å². The van der Waals surface area contributed by atoms with E-state index in [0.717, 1.165) is 38.2 Å². The van der Waals surface area contributed by atoms with Gasteiger partial charge in [-0.1, -0.05) is 0 Å². The topological polar surface area (TPSA) is 66.2 Å². The van der Waals surface area contributed by atoms with Gasteiger partial charge < -0.3 is 14.0 Å². The van der Waals surface area contributed by atoms with Crippen molar-refractivity contribution < 1.29 is 14.3 Å². The minimum Gasteiger partial charge on any atom is -0.460 e. The van der Waals surface area contributed by atoms with Crippen LogP contribution >= 0.6 is 0 Å². The maximum Gasteiger partial charge on any atom is 0.376 e. The lowest BCUT2D eigenvalue weighted by molar-refractivity contribution is 0.0505. The third kappa shape index (κ3) is 4.10. The van der Waals surface area contributed by atoms with Crippen LogP contribution in [0.15, 0.2) is 0 Å². The summed E-state index contributed by atoms with van der Waals surface area (Å²) in [5.74, 6) is 0.626. The number of hydrogen-bond acceptors (Lipinski definition) is 5. The summed E-state index contributed by atoms with van der Waals surface area (Å²) in [5, 5.41) is 7.79. The predicted octanol–water partition coefficient (Wildman–Crippen LogP) is 1.58. The normalized spacial score (nSPS) is 10.6. The maximum absolute atomic E-state index is 11.6. The van der Waals surface area contributed by atoms with E-state index in [4.69, 9.17) is 9.47 Å². The molecule has 1 aromatic rings. The lowest BCUT2D eigenvalue weighted by atomic mass is 10.2. The molecule has 6 heteroatoms. The third-order valence-corrected chi connectivity index (χ3v) is 2.62. The molecule has 0 N–H and O–H groups in total. The highest BCUT2D eigenvalue weighted by Crippen LogP contribution is 2.07. The van der Waals surface area contributed by atoms with Crippen LogP contribution < -0.4 is 0 Å². The fourth-order valence-corrected chi connectivity index (χ4v) is 1.69. The zero-order valence-corrected chi connectivity index (χ0v) is 11.3. The second-order valence-corrected chi connectivity index (χ2v) is 4.00. The lowest BCUT2D eigenvalue weighted by Gasteiger charge is -2.07. The molecule has 0 unspecified atom stereocenters. The molecule has 0 aliphatic rings. The molecule has 0 spiro atoms. The first-order valence-electron chi connectivity index (χ1n) is 6.26. The van der Waals surface area contributed by atoms with Crippen LogP contribution in [0.5, 0.6) is 0 Å². The molecule has 0 saturated heterocycles. The summed E-state index contributed by atoms with van der Waals surface area (Å²) in [5.41, 5.74) is 0. The average molecular weight is 255 g/mol. The van der Waals surface area contributed by atoms with E-state index < -0.39 is 5.97 Å². The number of methoxy groups -OCH3 is 1. The standard InChI is InChI=1S/C12H21N3O3/c1-4-18-12(16)11-14-13-10(2)15(11)8-6-5-7-9-17-3/h4-9H2,1-3H3. The maximum atomic E-state index is 11.6. The van der Waals surface area contributed by atoms with Crippen LogP contribution in [-0.2, 0) is 16.0 Å². The van der Waals surface area contributed by atoms with Crippen LogP contribution in [0.3, 0.4) is 0 Å². The van der Waals surface area contributed by atoms with Crippen LogP contribution in [0.4, 0.5) is 0 Å². The van der Waals surface area contributed by atoms with Crippen molar-refractivity contribution in [1.29, 1.82) is 0 Å². The number of carbonyl (C=O) groups excluding carboxylic acids is 1. The number of aromatic nitrogens is 3. The Morgan fingerprint density at radius 1 is 1.28 bits per heavy atom. The van der Waals surface area contributed by atoms with Gasteiger partial charge in [-0.25, -0.2) is 4.79 Å². The number of rotatable bonds is 8. The molecule has 0 amide bonds. The van der Waals surface area contributed by atoms with Gasteiger partial charge in [-0.05, 0) is 33.1 Å². The Balaban J connectivity index is 2.53. The van der Waals surface area contributed by atoms with Crippen molar-refractivity contribution in [3.63, 3.8) is 0 Å². The van der Waals surface area contributed by atoms with Gasteiger partial charge in [0.2, 0.25) is 5.82 Å². The molecule has 0 aliphatic heterocycles. The number of hydrogen-bond donors (Lipinski definition) is 0. The number of aryl methyl sites for hydroxylation is 1. The molecule has 0 fully saturated rings. The van der Waals surface area contributed by atoms with Gasteiger partial charge in [0, 0.05) is 20.3 Å². The molecule has 1 rings (SSSR count). The molecule has 0 bridgehead atoms. The molecular weight excluding hydrogens is 234 g/mol. The first kappa shape index (κ1) is 14.6. The summed E-state index contributed by atoms with van der Waals surface area (Å²) in [4.78, 5) is 11.6. The second kappa shape index (κ2) is 7.81. The van der Waals surface area contributed by atoms with Crippen molar-refractivity contribution in [2.75, 3.05) is 20.3 Å². The monoisotopic (exact) mass is 255 g/mol. The van der Waals surface area contributed by atoms with E-state index in [1.165, 1.54) is 0 Å². The summed E-state index contributed by atoms with van der Waals surface area (Å²) in [6.45, 7) is 5.46. The quantitative estimate of drug-likeness (QED) is 0.521. The summed E-state index contributed by atoms with van der Waals surface area (Å²) in [7, 11) is 1.70. The zero-order valence-electron chi connectivity index (χ0n) is 11.3. The highest BCUT2D eigenvalue weighted by atomic mass is 16.5. The van der Waals surface area contributed by atoms with Crippen LogP contribution in [0.25, 0.3) is 0 Å². The molecule has 1 aromatic heterocycles. The SMILES string of the molecule is CCOC(=O)c1nnc(C)n1CCCCCOC. The van der Waals surface area contributed by atoms with Gasteiger partial charge in [-0.2, -0.15) is 0 Å². The third-order valence-electron chi connectivity index (χ3n) is 2.62. The Hall–Kier alpha value is -1.43. The Morgan fingerprint density at radius 2 is 2.06 bits per heavy atom. The number of nitrogens with zero attached hydrogens (tertiary/aromatic N) is 3. The van der Waals surface area contributed by atoms with Crippen molar-refractivity contribution >= 4 is 5.97 Å². The smallest absolute Gasteiger partial charge is 0.376 e. The van der Waals surface area contributed by atoms with Crippen LogP contribution in [0.1, 0.15) is 42.6 Å². The summed E-state index contributed by atoms with van der Waals surface area (Å²) >= 11 is 0. The van der Waals surface area contributed by atoms with Crippen molar-refractivity contribution in [2.24, 2.45) is 0 Å². The Kier molecular flexibility index (Phi) is 6.35. The van der Waals surface area contributed by atoms with Gasteiger partial charge in [-0.15, -0.1) is 10.2 Å². The predicted molar refractivity (Wildman–Crippen MR) is 66.4 cm³/mol. The number of esters is 1. The number of unbranched alkanes of at least 4 members (excludes halogenated alkanes) is 2. The molecule has 18 heavy (non-hydrogen) atoms. The summed E-state index contributed by atoms with van der Waals surface area (Å²) in [6, 6.07) is 0. The molecule has 0 aromatic carbocycles. The molecular formula is C12H21N3O3. The van der Waals surface area contributed by atoms with E-state index in [2.05, 4.69) is 10.2 Å². The van der Waals surface area contributed by atoms with E-state index >= 15 is 0 Å². The Labute approximate surface area is 107 Å². The van der Waals surface area contributed by atoms with Gasteiger partial charge in [0.1, 0.15) is 5.82 Å². The highest BCUT2D eigenvalue weighted by Gasteiger charge is 2.17. The molecule has 0 aliphatic carbocycles. The molecule has 0 radical (unpaired) electrons. The van der Waals surface area contributed by atoms with Crippen LogP contribution in [0.2, 0.25) is 0 Å². The molecule has 0 atom stereocenters. The molecule has 1 heterocycles. The van der Waals surface area contributed by atoms with E-state index in [0.29, 0.717) is 12.4 Å². The molecule has 0 saturated carbocycles. The van der Waals surface area contributed by atoms with E-state index in [-0.39, 0.29) is 0 Å². The first-order chi connectivity index (χ1) is 8.70. The minimum atomic E-state index is -0.407. The van der Waals surface area contributed by atoms with Gasteiger partial charge >= 0.3 is 5.97 Å². The van der Waals surface area contributed by atoms with E-state index in [1.54, 1.807) is 14.0 Å². The molecule has 6 nitrogen and oxygen atoms in total. The van der Waals surface area contributed by atoms with Gasteiger partial charge in [0.15, 0.2) is 0 Å². The zero-order chi connectivity index (χ0) is 13.4. The molecule has 102 valence electrons. The van der Waals surface area contributed by atoms with E-state index in [1.807, 2.05) is 11.5 Å². The lowest BCUT2D eigenvalue weighted by Crippen LogP contribution is -2.14. The van der Waals surface area contributed by atoms with Gasteiger partial charge in [0.05, 0.1) is 6.61 Å². The number of ether oxygens (including phenoxy) is 2. The van der Waals surface area contributed by atoms with Gasteiger partial charge in [0.25, 0.3) is 0 Å². The Morgan fingerprint density at radius 3 is 2.72 bits per heavy atom. The highest BCUT2D eigenvalue weighted by molar-refractivity contribution is 5.85. The average Bonchev–Trinajstić information content (AvgIpc) is 2.71. The second-order valence-electron chi connectivity index (χ2n) is 4.00. The minimum absolute atomic E-state index is 0.293. The summed E-state index contributed by atoms with van der Waals surface area (Å²) in [6.07, 6.45) is 3.04. The fourth-order valence-electron chi connectivity index (χ4n) is 1.69. The Bertz CT molecular complexity index is 377. The number of carbonyl (C=O) groups is 1. The first-order valence-corrected chi connectivity index (χ1v) is 6.26. The van der Waals surface area contributed by atoms with Crippen LogP contribution in [-0.4, -0.2) is 41.1 Å². The van der Waals surface area contributed by atoms with Crippen LogP contribution in [0, 0.1) is 6.92 Å². The fraction of sp³-hybridized carbons (Fsp3) is 0.750. The summed E-state index contributed by atoms with van der Waals surface area (Å²) < 4.78 is 11.7. The van der Waals surface area contributed by atoms with E-state index in [9.17, 15) is 4.79 Å². The van der Waals surface area contributed by atoms with Crippen molar-refractivity contribution in [3.8, 4) is 0 Å². The van der Waals surface area contributed by atoms with Crippen molar-refractivity contribution in [2.45, 2.75) is 39.7 Å². The van der Waals surface area contributed by atoms with Crippen molar-refractivity contribution in [3.05, 3.63) is 11.6 Å².